The molecule has 0 unspecified atom stereocenters. The van der Waals surface area contributed by atoms with Gasteiger partial charge in [0, 0.05) is 37.0 Å². The number of para-hydroxylation sites is 1. The number of nitro groups is 1. The van der Waals surface area contributed by atoms with Crippen molar-refractivity contribution < 1.29 is 18.1 Å². The number of nitrogens with zero attached hydrogens (tertiary/aromatic N) is 2. The van der Waals surface area contributed by atoms with Crippen molar-refractivity contribution in [3.8, 4) is 0 Å². The fourth-order valence-corrected chi connectivity index (χ4v) is 4.32. The van der Waals surface area contributed by atoms with E-state index in [1.807, 2.05) is 18.2 Å². The second-order valence-corrected chi connectivity index (χ2v) is 9.08. The van der Waals surface area contributed by atoms with E-state index < -0.39 is 20.6 Å². The lowest BCUT2D eigenvalue weighted by Crippen LogP contribution is -2.26. The summed E-state index contributed by atoms with van der Waals surface area (Å²) in [5, 5.41) is 14.2. The minimum atomic E-state index is -4.00. The molecule has 2 N–H and O–H groups in total. The molecule has 0 bridgehead atoms. The minimum absolute atomic E-state index is 0.0214. The predicted octanol–water partition coefficient (Wildman–Crippen LogP) is 2.73. The second kappa shape index (κ2) is 12.5. The predicted molar refractivity (Wildman–Crippen MR) is 121 cm³/mol. The molecule has 1 aromatic heterocycles. The number of benzene rings is 1. The Morgan fingerprint density at radius 3 is 2.42 bits per heavy atom. The highest BCUT2D eigenvalue weighted by molar-refractivity contribution is 9.09. The molecule has 0 aliphatic rings. The molecule has 11 heteroatoms. The summed E-state index contributed by atoms with van der Waals surface area (Å²) in [5.74, 6) is -0.0214. The monoisotopic (exact) mass is 512 g/mol. The Kier molecular flexibility index (Phi) is 10.0. The molecule has 0 radical (unpaired) electrons. The maximum Gasteiger partial charge on any atom is 0.289 e. The lowest BCUT2D eigenvalue weighted by Gasteiger charge is -2.08. The molecule has 0 atom stereocenters. The van der Waals surface area contributed by atoms with E-state index in [0.29, 0.717) is 18.3 Å². The Labute approximate surface area is 190 Å². The highest BCUT2D eigenvalue weighted by Crippen LogP contribution is 2.22. The number of nitro benzene ring substituents is 1. The number of aromatic nitrogens is 1. The van der Waals surface area contributed by atoms with Crippen molar-refractivity contribution in [2.45, 2.75) is 37.0 Å². The molecular formula is C20H25BrN4O5S. The topological polar surface area (TPSA) is 131 Å². The number of alkyl halides is 1. The molecule has 0 saturated heterocycles. The standard InChI is InChI=1S/C20H25BrN4O5S/c21-15-20(26)22-13-5-1-2-7-16-8-6-9-17(24-16)12-14-23-31(29,30)19-11-4-3-10-18(19)25(27)28/h3-4,6,8-11,23H,1-2,5,7,12-15H2,(H,22,26). The summed E-state index contributed by atoms with van der Waals surface area (Å²) in [7, 11) is -4.00. The molecule has 0 aliphatic carbocycles. The smallest absolute Gasteiger partial charge is 0.289 e. The Balaban J connectivity index is 1.81. The number of hydrogen-bond donors (Lipinski definition) is 2. The van der Waals surface area contributed by atoms with Gasteiger partial charge in [0.25, 0.3) is 5.69 Å². The molecule has 0 saturated carbocycles. The number of hydrogen-bond acceptors (Lipinski definition) is 6. The average Bonchev–Trinajstić information content (AvgIpc) is 2.76. The van der Waals surface area contributed by atoms with E-state index in [2.05, 4.69) is 31.0 Å². The summed E-state index contributed by atoms with van der Waals surface area (Å²) >= 11 is 3.10. The lowest BCUT2D eigenvalue weighted by molar-refractivity contribution is -0.387. The highest BCUT2D eigenvalue weighted by atomic mass is 79.9. The third kappa shape index (κ3) is 8.35. The third-order valence-electron chi connectivity index (χ3n) is 4.44. The maximum atomic E-state index is 12.4. The molecular weight excluding hydrogens is 488 g/mol. The number of carbonyl (C=O) groups excluding carboxylic acids is 1. The van der Waals surface area contributed by atoms with Gasteiger partial charge in [-0.2, -0.15) is 0 Å². The number of nitrogens with one attached hydrogen (secondary N) is 2. The van der Waals surface area contributed by atoms with Gasteiger partial charge in [0.15, 0.2) is 4.90 Å². The molecule has 1 heterocycles. The zero-order chi connectivity index (χ0) is 22.7. The van der Waals surface area contributed by atoms with Crippen LogP contribution in [0.2, 0.25) is 0 Å². The van der Waals surface area contributed by atoms with Gasteiger partial charge in [-0.15, -0.1) is 0 Å². The van der Waals surface area contributed by atoms with Gasteiger partial charge >= 0.3 is 0 Å². The quantitative estimate of drug-likeness (QED) is 0.183. The summed E-state index contributed by atoms with van der Waals surface area (Å²) in [6, 6.07) is 10.9. The van der Waals surface area contributed by atoms with Crippen LogP contribution in [0.3, 0.4) is 0 Å². The van der Waals surface area contributed by atoms with Crippen LogP contribution in [0.1, 0.15) is 30.7 Å². The van der Waals surface area contributed by atoms with Crippen LogP contribution >= 0.6 is 15.9 Å². The number of sulfonamides is 1. The van der Waals surface area contributed by atoms with Crippen LogP contribution < -0.4 is 10.0 Å². The zero-order valence-corrected chi connectivity index (χ0v) is 19.3. The molecule has 9 nitrogen and oxygen atoms in total. The van der Waals surface area contributed by atoms with Crippen molar-refractivity contribution in [2.75, 3.05) is 18.4 Å². The first kappa shape index (κ1) is 24.9. The van der Waals surface area contributed by atoms with Crippen LogP contribution in [0.5, 0.6) is 0 Å². The number of carbonyl (C=O) groups is 1. The number of aryl methyl sites for hydroxylation is 1. The van der Waals surface area contributed by atoms with E-state index in [0.717, 1.165) is 43.1 Å². The maximum absolute atomic E-state index is 12.4. The molecule has 168 valence electrons. The first-order valence-electron chi connectivity index (χ1n) is 9.84. The summed E-state index contributed by atoms with van der Waals surface area (Å²) in [6.45, 7) is 0.732. The Bertz CT molecular complexity index is 1000. The van der Waals surface area contributed by atoms with Crippen LogP contribution in [0, 0.1) is 10.1 Å². The van der Waals surface area contributed by atoms with Crippen molar-refractivity contribution in [3.05, 3.63) is 64.0 Å². The lowest BCUT2D eigenvalue weighted by atomic mass is 10.1. The minimum Gasteiger partial charge on any atom is -0.355 e. The van der Waals surface area contributed by atoms with Gasteiger partial charge < -0.3 is 5.32 Å². The first-order chi connectivity index (χ1) is 14.8. The van der Waals surface area contributed by atoms with E-state index in [-0.39, 0.29) is 17.3 Å². The first-order valence-corrected chi connectivity index (χ1v) is 12.4. The van der Waals surface area contributed by atoms with Crippen molar-refractivity contribution in [1.82, 2.24) is 15.0 Å². The highest BCUT2D eigenvalue weighted by Gasteiger charge is 2.24. The van der Waals surface area contributed by atoms with Gasteiger partial charge in [-0.25, -0.2) is 13.1 Å². The molecule has 0 aliphatic heterocycles. The fraction of sp³-hybridized carbons (Fsp3) is 0.400. The van der Waals surface area contributed by atoms with Crippen LogP contribution in [0.15, 0.2) is 47.4 Å². The van der Waals surface area contributed by atoms with E-state index in [9.17, 15) is 23.3 Å². The summed E-state index contributed by atoms with van der Waals surface area (Å²) in [5.41, 5.74) is 1.21. The van der Waals surface area contributed by atoms with E-state index >= 15 is 0 Å². The molecule has 0 spiro atoms. The van der Waals surface area contributed by atoms with Gasteiger partial charge in [-0.05, 0) is 37.5 Å². The molecule has 1 amide bonds. The van der Waals surface area contributed by atoms with Crippen molar-refractivity contribution >= 4 is 37.5 Å². The van der Waals surface area contributed by atoms with E-state index in [4.69, 9.17) is 0 Å². The normalized spacial score (nSPS) is 11.3. The summed E-state index contributed by atoms with van der Waals surface area (Å²) in [4.78, 5) is 25.7. The van der Waals surface area contributed by atoms with Crippen LogP contribution in [0.4, 0.5) is 5.69 Å². The van der Waals surface area contributed by atoms with Crippen LogP contribution in [-0.4, -0.2) is 42.7 Å². The average molecular weight is 513 g/mol. The number of pyridine rings is 1. The van der Waals surface area contributed by atoms with Crippen LogP contribution in [0.25, 0.3) is 0 Å². The Morgan fingerprint density at radius 2 is 1.71 bits per heavy atom. The van der Waals surface area contributed by atoms with Crippen molar-refractivity contribution in [3.63, 3.8) is 0 Å². The van der Waals surface area contributed by atoms with Gasteiger partial charge in [-0.3, -0.25) is 19.9 Å². The van der Waals surface area contributed by atoms with Crippen molar-refractivity contribution in [2.24, 2.45) is 0 Å². The van der Waals surface area contributed by atoms with Gasteiger partial charge in [-0.1, -0.05) is 40.5 Å². The van der Waals surface area contributed by atoms with Gasteiger partial charge in [0.05, 0.1) is 10.3 Å². The van der Waals surface area contributed by atoms with Gasteiger partial charge in [0.2, 0.25) is 15.9 Å². The molecule has 1 aromatic carbocycles. The summed E-state index contributed by atoms with van der Waals surface area (Å²) < 4.78 is 27.3. The zero-order valence-electron chi connectivity index (χ0n) is 16.9. The molecule has 31 heavy (non-hydrogen) atoms. The number of halogens is 1. The SMILES string of the molecule is O=C(CBr)NCCCCCc1cccc(CCNS(=O)(=O)c2ccccc2[N+](=O)[O-])n1. The van der Waals surface area contributed by atoms with Crippen LogP contribution in [-0.2, 0) is 27.7 Å². The van der Waals surface area contributed by atoms with Crippen molar-refractivity contribution in [1.29, 1.82) is 0 Å². The van der Waals surface area contributed by atoms with E-state index in [1.165, 1.54) is 18.2 Å². The number of unbranched alkanes of at least 4 members (excludes halogenated alkanes) is 2. The number of amides is 1. The van der Waals surface area contributed by atoms with E-state index in [1.54, 1.807) is 0 Å². The third-order valence-corrected chi connectivity index (χ3v) is 6.46. The van der Waals surface area contributed by atoms with Gasteiger partial charge in [0.1, 0.15) is 0 Å². The largest absolute Gasteiger partial charge is 0.355 e. The molecule has 2 rings (SSSR count). The number of rotatable bonds is 13. The Hall–Kier alpha value is -2.37. The fourth-order valence-electron chi connectivity index (χ4n) is 2.92. The second-order valence-electron chi connectivity index (χ2n) is 6.79. The summed E-state index contributed by atoms with van der Waals surface area (Å²) in [6.07, 6.45) is 3.95. The molecule has 0 fully saturated rings. The molecule has 2 aromatic rings. The Morgan fingerprint density at radius 1 is 1.00 bits per heavy atom.